The van der Waals surface area contributed by atoms with Crippen LogP contribution in [-0.2, 0) is 0 Å². The van der Waals surface area contributed by atoms with Crippen LogP contribution in [-0.4, -0.2) is 11.3 Å². The molecule has 1 heterocycles. The normalized spacial score (nSPS) is 11.5. The first-order valence-electron chi connectivity index (χ1n) is 4.73. The Morgan fingerprint density at radius 1 is 1.29 bits per heavy atom. The zero-order chi connectivity index (χ0) is 12.5. The van der Waals surface area contributed by atoms with Crippen molar-refractivity contribution < 1.29 is 22.3 Å². The second kappa shape index (κ2) is 4.12. The van der Waals surface area contributed by atoms with Gasteiger partial charge in [0.05, 0.1) is 6.20 Å². The van der Waals surface area contributed by atoms with Crippen molar-refractivity contribution in [2.45, 2.75) is 13.3 Å². The van der Waals surface area contributed by atoms with Gasteiger partial charge in [0.1, 0.15) is 5.75 Å². The highest BCUT2D eigenvalue weighted by molar-refractivity contribution is 5.58. The van der Waals surface area contributed by atoms with Crippen LogP contribution in [0.15, 0.2) is 34.9 Å². The lowest BCUT2D eigenvalue weighted by atomic mass is 10.2. The van der Waals surface area contributed by atoms with Crippen molar-refractivity contribution in [3.05, 3.63) is 36.4 Å². The van der Waals surface area contributed by atoms with Crippen LogP contribution in [0.5, 0.6) is 5.75 Å². The molecule has 2 aromatic rings. The number of hydrogen-bond donors (Lipinski definition) is 0. The van der Waals surface area contributed by atoms with Gasteiger partial charge >= 0.3 is 6.36 Å². The number of aryl methyl sites for hydroxylation is 1. The molecule has 0 unspecified atom stereocenters. The summed E-state index contributed by atoms with van der Waals surface area (Å²) in [7, 11) is 0. The highest BCUT2D eigenvalue weighted by Gasteiger charge is 2.31. The fraction of sp³-hybridized carbons (Fsp3) is 0.182. The van der Waals surface area contributed by atoms with E-state index in [0.717, 1.165) is 0 Å². The van der Waals surface area contributed by atoms with E-state index in [1.807, 2.05) is 0 Å². The number of halogens is 3. The van der Waals surface area contributed by atoms with E-state index in [-0.39, 0.29) is 5.75 Å². The highest BCUT2D eigenvalue weighted by Crippen LogP contribution is 2.28. The summed E-state index contributed by atoms with van der Waals surface area (Å²) in [6.07, 6.45) is -3.25. The molecule has 17 heavy (non-hydrogen) atoms. The molecular formula is C11H8F3NO2. The van der Waals surface area contributed by atoms with Gasteiger partial charge in [0.15, 0.2) is 11.7 Å². The van der Waals surface area contributed by atoms with Gasteiger partial charge in [-0.25, -0.2) is 4.98 Å². The van der Waals surface area contributed by atoms with Crippen LogP contribution >= 0.6 is 0 Å². The number of hydrogen-bond acceptors (Lipinski definition) is 3. The Morgan fingerprint density at radius 3 is 2.65 bits per heavy atom. The van der Waals surface area contributed by atoms with Crippen molar-refractivity contribution in [1.82, 2.24) is 4.98 Å². The van der Waals surface area contributed by atoms with Crippen molar-refractivity contribution >= 4 is 0 Å². The number of alkyl halides is 3. The van der Waals surface area contributed by atoms with E-state index in [1.165, 1.54) is 24.4 Å². The molecule has 0 aliphatic heterocycles. The first-order valence-corrected chi connectivity index (χ1v) is 4.73. The van der Waals surface area contributed by atoms with Gasteiger partial charge in [-0.15, -0.1) is 13.2 Å². The number of rotatable bonds is 2. The second-order valence-electron chi connectivity index (χ2n) is 3.32. The van der Waals surface area contributed by atoms with E-state index >= 15 is 0 Å². The molecule has 0 fully saturated rings. The predicted molar refractivity (Wildman–Crippen MR) is 53.4 cm³/mol. The minimum atomic E-state index is -4.70. The van der Waals surface area contributed by atoms with Gasteiger partial charge in [-0.2, -0.15) is 0 Å². The van der Waals surface area contributed by atoms with Gasteiger partial charge in [-0.05, 0) is 12.1 Å². The van der Waals surface area contributed by atoms with Crippen molar-refractivity contribution in [2.75, 3.05) is 0 Å². The minimum absolute atomic E-state index is 0.288. The van der Waals surface area contributed by atoms with Gasteiger partial charge in [-0.1, -0.05) is 12.1 Å². The monoisotopic (exact) mass is 243 g/mol. The fourth-order valence-corrected chi connectivity index (χ4v) is 1.34. The van der Waals surface area contributed by atoms with E-state index in [1.54, 1.807) is 13.0 Å². The van der Waals surface area contributed by atoms with Crippen LogP contribution in [0.1, 0.15) is 5.89 Å². The summed E-state index contributed by atoms with van der Waals surface area (Å²) in [5.41, 5.74) is 0.479. The molecule has 2 rings (SSSR count). The number of ether oxygens (including phenoxy) is 1. The lowest BCUT2D eigenvalue weighted by Gasteiger charge is -2.09. The number of benzene rings is 1. The molecule has 0 aliphatic carbocycles. The summed E-state index contributed by atoms with van der Waals surface area (Å²) in [5.74, 6) is 0.557. The quantitative estimate of drug-likeness (QED) is 0.809. The maximum Gasteiger partial charge on any atom is 0.573 e. The van der Waals surface area contributed by atoms with Crippen LogP contribution in [0.4, 0.5) is 13.2 Å². The van der Waals surface area contributed by atoms with E-state index in [4.69, 9.17) is 4.42 Å². The van der Waals surface area contributed by atoms with Gasteiger partial charge < -0.3 is 9.15 Å². The molecule has 0 saturated heterocycles. The Kier molecular flexibility index (Phi) is 2.79. The van der Waals surface area contributed by atoms with Gasteiger partial charge in [0.2, 0.25) is 0 Å². The Balaban J connectivity index is 2.29. The number of nitrogens with zero attached hydrogens (tertiary/aromatic N) is 1. The molecule has 0 N–H and O–H groups in total. The maximum absolute atomic E-state index is 12.0. The third kappa shape index (κ3) is 2.99. The van der Waals surface area contributed by atoms with Crippen LogP contribution in [0.2, 0.25) is 0 Å². The van der Waals surface area contributed by atoms with E-state index in [2.05, 4.69) is 9.72 Å². The summed E-state index contributed by atoms with van der Waals surface area (Å²) >= 11 is 0. The third-order valence-electron chi connectivity index (χ3n) is 1.97. The zero-order valence-corrected chi connectivity index (χ0v) is 8.78. The Hall–Kier alpha value is -1.98. The summed E-state index contributed by atoms with van der Waals surface area (Å²) in [6.45, 7) is 1.65. The average molecular weight is 243 g/mol. The molecule has 0 bridgehead atoms. The molecule has 90 valence electrons. The Labute approximate surface area is 94.8 Å². The first-order chi connectivity index (χ1) is 7.94. The third-order valence-corrected chi connectivity index (χ3v) is 1.97. The molecule has 1 aromatic heterocycles. The number of oxazole rings is 1. The van der Waals surface area contributed by atoms with Gasteiger partial charge in [-0.3, -0.25) is 0 Å². The molecule has 0 amide bonds. The molecule has 1 aromatic carbocycles. The standard InChI is InChI=1S/C11H8F3NO2/c1-7-15-6-10(16-7)8-3-2-4-9(5-8)17-11(12,13)14/h2-6H,1H3. The van der Waals surface area contributed by atoms with Crippen LogP contribution in [0.3, 0.4) is 0 Å². The summed E-state index contributed by atoms with van der Waals surface area (Å²) in [6, 6.07) is 5.53. The van der Waals surface area contributed by atoms with E-state index in [0.29, 0.717) is 17.2 Å². The van der Waals surface area contributed by atoms with Crippen molar-refractivity contribution in [3.8, 4) is 17.1 Å². The smallest absolute Gasteiger partial charge is 0.441 e. The van der Waals surface area contributed by atoms with Gasteiger partial charge in [0, 0.05) is 12.5 Å². The second-order valence-corrected chi connectivity index (χ2v) is 3.32. The SMILES string of the molecule is Cc1ncc(-c2cccc(OC(F)(F)F)c2)o1. The van der Waals surface area contributed by atoms with Crippen molar-refractivity contribution in [2.24, 2.45) is 0 Å². The van der Waals surface area contributed by atoms with Gasteiger partial charge in [0.25, 0.3) is 0 Å². The molecule has 0 atom stereocenters. The molecular weight excluding hydrogens is 235 g/mol. The zero-order valence-electron chi connectivity index (χ0n) is 8.78. The first kappa shape index (κ1) is 11.5. The molecule has 6 heteroatoms. The Bertz CT molecular complexity index is 519. The summed E-state index contributed by atoms with van der Waals surface area (Å²) in [4.78, 5) is 3.87. The van der Waals surface area contributed by atoms with Crippen LogP contribution in [0.25, 0.3) is 11.3 Å². The molecule has 0 saturated carbocycles. The largest absolute Gasteiger partial charge is 0.573 e. The molecule has 0 aliphatic rings. The Morgan fingerprint density at radius 2 is 2.06 bits per heavy atom. The maximum atomic E-state index is 12.0. The molecule has 0 radical (unpaired) electrons. The van der Waals surface area contributed by atoms with Crippen molar-refractivity contribution in [3.63, 3.8) is 0 Å². The average Bonchev–Trinajstić information content (AvgIpc) is 2.63. The minimum Gasteiger partial charge on any atom is -0.441 e. The molecule has 0 spiro atoms. The fourth-order valence-electron chi connectivity index (χ4n) is 1.34. The van der Waals surface area contributed by atoms with Crippen LogP contribution in [0, 0.1) is 6.92 Å². The van der Waals surface area contributed by atoms with E-state index < -0.39 is 6.36 Å². The van der Waals surface area contributed by atoms with Crippen LogP contribution < -0.4 is 4.74 Å². The predicted octanol–water partition coefficient (Wildman–Crippen LogP) is 3.55. The van der Waals surface area contributed by atoms with Crippen molar-refractivity contribution in [1.29, 1.82) is 0 Å². The van der Waals surface area contributed by atoms with E-state index in [9.17, 15) is 13.2 Å². The topological polar surface area (TPSA) is 35.3 Å². The highest BCUT2D eigenvalue weighted by atomic mass is 19.4. The summed E-state index contributed by atoms with van der Waals surface area (Å²) in [5, 5.41) is 0. The number of aromatic nitrogens is 1. The lowest BCUT2D eigenvalue weighted by molar-refractivity contribution is -0.274. The lowest BCUT2D eigenvalue weighted by Crippen LogP contribution is -2.17. The molecule has 3 nitrogen and oxygen atoms in total. The summed E-state index contributed by atoms with van der Waals surface area (Å²) < 4.78 is 45.1.